The number of aliphatic hydroxyl groups excluding tert-OH is 1. The number of carbonyl (C=O) groups is 2. The summed E-state index contributed by atoms with van der Waals surface area (Å²) in [7, 11) is 1.74. The van der Waals surface area contributed by atoms with Crippen molar-refractivity contribution >= 4 is 34.8 Å². The summed E-state index contributed by atoms with van der Waals surface area (Å²) < 4.78 is 15.9. The number of methoxy groups -OCH3 is 1. The lowest BCUT2D eigenvalue weighted by Crippen LogP contribution is -2.46. The summed E-state index contributed by atoms with van der Waals surface area (Å²) in [5.74, 6) is 1.20. The minimum Gasteiger partial charge on any atom is -0.444 e. The van der Waals surface area contributed by atoms with Crippen LogP contribution in [0.15, 0.2) is 0 Å². The van der Waals surface area contributed by atoms with Crippen LogP contribution in [0.25, 0.3) is 0 Å². The highest BCUT2D eigenvalue weighted by Crippen LogP contribution is 2.27. The molecule has 0 aromatic carbocycles. The number of hydrogen-bond donors (Lipinski definition) is 1. The van der Waals surface area contributed by atoms with Gasteiger partial charge in [-0.3, -0.25) is 0 Å². The van der Waals surface area contributed by atoms with Crippen molar-refractivity contribution in [2.24, 2.45) is 11.8 Å². The second-order valence-electron chi connectivity index (χ2n) is 12.1. The molecule has 0 radical (unpaired) electrons. The molecule has 0 aliphatic carbocycles. The van der Waals surface area contributed by atoms with Crippen LogP contribution in [-0.2, 0) is 14.2 Å². The lowest BCUT2D eigenvalue weighted by atomic mass is 9.89. The van der Waals surface area contributed by atoms with Crippen molar-refractivity contribution in [1.82, 2.24) is 9.80 Å². The van der Waals surface area contributed by atoms with E-state index >= 15 is 0 Å². The van der Waals surface area contributed by atoms with Crippen LogP contribution in [0.5, 0.6) is 0 Å². The lowest BCUT2D eigenvalue weighted by molar-refractivity contribution is 0.00459. The van der Waals surface area contributed by atoms with E-state index in [4.69, 9.17) is 19.3 Å². The smallest absolute Gasteiger partial charge is 0.410 e. The van der Waals surface area contributed by atoms with Gasteiger partial charge < -0.3 is 29.1 Å². The number of amides is 2. The van der Waals surface area contributed by atoms with E-state index in [1.54, 1.807) is 12.0 Å². The first-order chi connectivity index (χ1) is 17.2. The Morgan fingerprint density at radius 3 is 1.44 bits per heavy atom. The molecule has 2 rings (SSSR count). The maximum absolute atomic E-state index is 12.0. The predicted molar refractivity (Wildman–Crippen MR) is 172 cm³/mol. The largest absolute Gasteiger partial charge is 0.444 e. The Morgan fingerprint density at radius 1 is 0.795 bits per heavy atom. The Balaban J connectivity index is -0.000000596. The summed E-state index contributed by atoms with van der Waals surface area (Å²) in [6.07, 6.45) is 5.54. The fourth-order valence-corrected chi connectivity index (χ4v) is 4.71. The zero-order valence-corrected chi connectivity index (χ0v) is 27.3. The SMILES string of the molecule is C.C.CC1CC(CCO)CCN1C(=O)OC(C)(C)C.CI.COCCC1CCN(C(=O)OC(C)(C)C)C(C)C1. The van der Waals surface area contributed by atoms with Gasteiger partial charge >= 0.3 is 12.2 Å². The Hall–Kier alpha value is -0.810. The van der Waals surface area contributed by atoms with Gasteiger partial charge in [-0.25, -0.2) is 9.59 Å². The first-order valence-electron chi connectivity index (χ1n) is 13.6. The quantitative estimate of drug-likeness (QED) is 0.237. The van der Waals surface area contributed by atoms with Crippen LogP contribution in [0.3, 0.4) is 0 Å². The van der Waals surface area contributed by atoms with E-state index in [9.17, 15) is 9.59 Å². The van der Waals surface area contributed by atoms with Crippen molar-refractivity contribution in [3.05, 3.63) is 0 Å². The Labute approximate surface area is 255 Å². The monoisotopic (exact) mass is 674 g/mol. The van der Waals surface area contributed by atoms with Crippen LogP contribution in [0.2, 0.25) is 0 Å². The van der Waals surface area contributed by atoms with E-state index in [0.29, 0.717) is 11.8 Å². The van der Waals surface area contributed by atoms with Gasteiger partial charge in [0.2, 0.25) is 0 Å². The molecule has 8 nitrogen and oxygen atoms in total. The number of nitrogens with zero attached hydrogens (tertiary/aromatic N) is 2. The van der Waals surface area contributed by atoms with Crippen molar-refractivity contribution in [3.63, 3.8) is 0 Å². The first kappa shape index (κ1) is 42.7. The minimum atomic E-state index is -0.432. The third-order valence-corrected chi connectivity index (χ3v) is 6.49. The summed E-state index contributed by atoms with van der Waals surface area (Å²) in [5, 5.41) is 8.93. The highest BCUT2D eigenvalue weighted by molar-refractivity contribution is 14.1. The van der Waals surface area contributed by atoms with Crippen molar-refractivity contribution in [2.45, 2.75) is 132 Å². The fraction of sp³-hybridized carbons (Fsp3) is 0.933. The van der Waals surface area contributed by atoms with E-state index in [1.165, 1.54) is 0 Å². The van der Waals surface area contributed by atoms with Crippen LogP contribution in [0.4, 0.5) is 9.59 Å². The molecule has 236 valence electrons. The highest BCUT2D eigenvalue weighted by Gasteiger charge is 2.32. The van der Waals surface area contributed by atoms with Gasteiger partial charge in [0.15, 0.2) is 0 Å². The average Bonchev–Trinajstić information content (AvgIpc) is 2.77. The number of alkyl halides is 1. The van der Waals surface area contributed by atoms with Crippen LogP contribution < -0.4 is 0 Å². The fourth-order valence-electron chi connectivity index (χ4n) is 4.71. The Kier molecular flexibility index (Phi) is 22.9. The average molecular weight is 675 g/mol. The summed E-state index contributed by atoms with van der Waals surface area (Å²) in [6.45, 7) is 18.1. The highest BCUT2D eigenvalue weighted by atomic mass is 127. The molecule has 0 spiro atoms. The molecule has 4 unspecified atom stereocenters. The third-order valence-electron chi connectivity index (χ3n) is 6.49. The zero-order chi connectivity index (χ0) is 28.8. The Morgan fingerprint density at radius 2 is 1.15 bits per heavy atom. The van der Waals surface area contributed by atoms with E-state index in [-0.39, 0.29) is 45.7 Å². The summed E-state index contributed by atoms with van der Waals surface area (Å²) in [6, 6.07) is 0.464. The number of piperidine rings is 2. The molecular formula is C30H63IN2O6. The predicted octanol–water partition coefficient (Wildman–Crippen LogP) is 7.79. The summed E-state index contributed by atoms with van der Waals surface area (Å²) in [5.41, 5.74) is -0.845. The second-order valence-corrected chi connectivity index (χ2v) is 12.1. The summed E-state index contributed by atoms with van der Waals surface area (Å²) >= 11 is 2.15. The van der Waals surface area contributed by atoms with Gasteiger partial charge in [0.1, 0.15) is 11.2 Å². The molecule has 9 heteroatoms. The standard InChI is InChI=1S/C14H27NO3.C13H25NO3.CH3I.2CH4/c1-11-10-12(7-9-17-5)6-8-15(11)13(16)18-14(2,3)4;1-10-9-11(6-8-15)5-7-14(10)12(16)17-13(2,3)4;1-2;;/h11-12H,6-10H2,1-5H3;10-11,15H,5-9H2,1-4H3;1H3;2*1H4. The Bertz CT molecular complexity index is 650. The van der Waals surface area contributed by atoms with Crippen LogP contribution in [-0.4, -0.2) is 88.7 Å². The van der Waals surface area contributed by atoms with E-state index in [1.807, 2.05) is 58.3 Å². The second kappa shape index (κ2) is 21.0. The van der Waals surface area contributed by atoms with Gasteiger partial charge in [-0.2, -0.15) is 0 Å². The van der Waals surface area contributed by atoms with Gasteiger partial charge in [-0.1, -0.05) is 37.4 Å². The van der Waals surface area contributed by atoms with Gasteiger partial charge in [-0.05, 0) is 111 Å². The number of likely N-dealkylation sites (tertiary alicyclic amines) is 2. The lowest BCUT2D eigenvalue weighted by Gasteiger charge is -2.38. The van der Waals surface area contributed by atoms with Gasteiger partial charge in [0, 0.05) is 45.5 Å². The molecular weight excluding hydrogens is 611 g/mol. The first-order valence-corrected chi connectivity index (χ1v) is 15.8. The van der Waals surface area contributed by atoms with Gasteiger partial charge in [-0.15, -0.1) is 0 Å². The number of hydrogen-bond acceptors (Lipinski definition) is 6. The normalized spacial score (nSPS) is 23.0. The molecule has 2 saturated heterocycles. The number of carbonyl (C=O) groups excluding carboxylic acids is 2. The minimum absolute atomic E-state index is 0. The van der Waals surface area contributed by atoms with Crippen LogP contribution in [0, 0.1) is 11.8 Å². The number of halogens is 1. The molecule has 0 aromatic rings. The molecule has 4 atom stereocenters. The number of ether oxygens (including phenoxy) is 3. The van der Waals surface area contributed by atoms with Gasteiger partial charge in [0.25, 0.3) is 0 Å². The molecule has 0 bridgehead atoms. The zero-order valence-electron chi connectivity index (χ0n) is 25.1. The summed E-state index contributed by atoms with van der Waals surface area (Å²) in [4.78, 5) is 29.6. The molecule has 39 heavy (non-hydrogen) atoms. The van der Waals surface area contributed by atoms with Crippen LogP contribution >= 0.6 is 22.6 Å². The van der Waals surface area contributed by atoms with E-state index < -0.39 is 11.2 Å². The molecule has 2 aliphatic rings. The van der Waals surface area contributed by atoms with Crippen molar-refractivity contribution in [1.29, 1.82) is 0 Å². The molecule has 2 fully saturated rings. The molecule has 2 heterocycles. The van der Waals surface area contributed by atoms with Gasteiger partial charge in [0.05, 0.1) is 0 Å². The molecule has 2 amide bonds. The van der Waals surface area contributed by atoms with Crippen molar-refractivity contribution < 1.29 is 28.9 Å². The maximum Gasteiger partial charge on any atom is 0.410 e. The molecule has 0 saturated carbocycles. The number of aliphatic hydroxyl groups is 1. The van der Waals surface area contributed by atoms with E-state index in [0.717, 1.165) is 58.2 Å². The van der Waals surface area contributed by atoms with Crippen LogP contribution in [0.1, 0.15) is 109 Å². The molecule has 0 aromatic heterocycles. The van der Waals surface area contributed by atoms with Crippen molar-refractivity contribution in [3.8, 4) is 0 Å². The van der Waals surface area contributed by atoms with Crippen molar-refractivity contribution in [2.75, 3.05) is 38.3 Å². The molecule has 1 N–H and O–H groups in total. The molecule has 2 aliphatic heterocycles. The third kappa shape index (κ3) is 18.3. The number of rotatable bonds is 5. The van der Waals surface area contributed by atoms with E-state index in [2.05, 4.69) is 29.5 Å². The topological polar surface area (TPSA) is 88.5 Å². The maximum atomic E-state index is 12.0.